The van der Waals surface area contributed by atoms with Gasteiger partial charge in [0.25, 0.3) is 0 Å². The summed E-state index contributed by atoms with van der Waals surface area (Å²) in [7, 11) is 0. The molecule has 6 nitrogen and oxygen atoms in total. The van der Waals surface area contributed by atoms with Crippen molar-refractivity contribution in [1.29, 1.82) is 5.41 Å². The van der Waals surface area contributed by atoms with Crippen LogP contribution < -0.4 is 15.8 Å². The van der Waals surface area contributed by atoms with E-state index in [1.807, 2.05) is 36.0 Å². The molecule has 0 bridgehead atoms. The lowest BCUT2D eigenvalue weighted by molar-refractivity contribution is 0.311. The third kappa shape index (κ3) is 6.87. The summed E-state index contributed by atoms with van der Waals surface area (Å²) < 4.78 is 7.81. The number of unbranched alkanes of at least 4 members (excludes halogenated alkanes) is 1. The molecule has 0 aliphatic rings. The molecular weight excluding hydrogens is 406 g/mol. The monoisotopic (exact) mass is 433 g/mol. The third-order valence-electron chi connectivity index (χ3n) is 4.25. The Balaban J connectivity index is 0.00000300. The fourth-order valence-electron chi connectivity index (χ4n) is 2.74. The highest BCUT2D eigenvalue weighted by molar-refractivity contribution is 7.99. The first kappa shape index (κ1) is 22.9. The van der Waals surface area contributed by atoms with Gasteiger partial charge in [0.1, 0.15) is 11.4 Å². The lowest BCUT2D eigenvalue weighted by Crippen LogP contribution is -2.31. The van der Waals surface area contributed by atoms with Crippen LogP contribution in [0.5, 0.6) is 5.75 Å². The maximum atomic E-state index is 7.11. The number of pyridine rings is 1. The van der Waals surface area contributed by atoms with Crippen molar-refractivity contribution < 1.29 is 4.74 Å². The van der Waals surface area contributed by atoms with Gasteiger partial charge in [-0.05, 0) is 55.0 Å². The van der Waals surface area contributed by atoms with E-state index in [-0.39, 0.29) is 18.4 Å². The minimum Gasteiger partial charge on any atom is -0.494 e. The van der Waals surface area contributed by atoms with Crippen molar-refractivity contribution in [3.05, 3.63) is 48.8 Å². The van der Waals surface area contributed by atoms with Gasteiger partial charge >= 0.3 is 0 Å². The average molecular weight is 434 g/mol. The normalized spacial score (nSPS) is 10.5. The molecule has 2 aromatic heterocycles. The van der Waals surface area contributed by atoms with E-state index in [0.717, 1.165) is 34.8 Å². The molecule has 0 saturated heterocycles. The molecule has 8 heteroatoms. The molecule has 0 fully saturated rings. The number of aromatic nitrogens is 2. The molecule has 0 saturated carbocycles. The van der Waals surface area contributed by atoms with E-state index in [2.05, 4.69) is 41.2 Å². The highest BCUT2D eigenvalue weighted by atomic mass is 35.5. The van der Waals surface area contributed by atoms with Crippen LogP contribution in [0.3, 0.4) is 0 Å². The number of nitrogens with one attached hydrogen (secondary N) is 2. The van der Waals surface area contributed by atoms with Crippen LogP contribution in [0.25, 0.3) is 16.9 Å². The summed E-state index contributed by atoms with van der Waals surface area (Å²) in [5.41, 5.74) is 8.21. The summed E-state index contributed by atoms with van der Waals surface area (Å²) in [5.74, 6) is 1.96. The maximum absolute atomic E-state index is 7.11. The Bertz CT molecular complexity index is 913. The van der Waals surface area contributed by atoms with Crippen LogP contribution in [0, 0.1) is 5.41 Å². The smallest absolute Gasteiger partial charge is 0.185 e. The van der Waals surface area contributed by atoms with Crippen LogP contribution in [0.15, 0.2) is 53.7 Å². The Kier molecular flexibility index (Phi) is 9.15. The largest absolute Gasteiger partial charge is 0.494 e. The predicted molar refractivity (Wildman–Crippen MR) is 124 cm³/mol. The number of nitrogens with two attached hydrogens (primary N) is 1. The van der Waals surface area contributed by atoms with Gasteiger partial charge in [0.05, 0.1) is 12.3 Å². The van der Waals surface area contributed by atoms with Crippen LogP contribution >= 0.6 is 24.2 Å². The van der Waals surface area contributed by atoms with Gasteiger partial charge in [-0.15, -0.1) is 24.2 Å². The minimum absolute atomic E-state index is 0. The number of ether oxygens (including phenoxy) is 1. The Morgan fingerprint density at radius 2 is 1.97 bits per heavy atom. The molecule has 0 aliphatic carbocycles. The average Bonchev–Trinajstić information content (AvgIpc) is 3.11. The number of hydrogen-bond acceptors (Lipinski definition) is 4. The van der Waals surface area contributed by atoms with Crippen molar-refractivity contribution in [3.8, 4) is 17.0 Å². The zero-order valence-corrected chi connectivity index (χ0v) is 18.2. The molecule has 3 rings (SSSR count). The Morgan fingerprint density at radius 3 is 2.69 bits per heavy atom. The maximum Gasteiger partial charge on any atom is 0.185 e. The second-order valence-corrected chi connectivity index (χ2v) is 7.69. The number of imidazole rings is 1. The molecule has 0 atom stereocenters. The Hall–Kier alpha value is -2.38. The van der Waals surface area contributed by atoms with Crippen molar-refractivity contribution in [2.24, 2.45) is 5.73 Å². The summed E-state index contributed by atoms with van der Waals surface area (Å²) in [6.45, 7) is 3.42. The lowest BCUT2D eigenvalue weighted by atomic mass is 10.2. The fourth-order valence-corrected chi connectivity index (χ4v) is 3.76. The number of benzene rings is 1. The number of halogens is 1. The van der Waals surface area contributed by atoms with Gasteiger partial charge in [-0.3, -0.25) is 5.41 Å². The van der Waals surface area contributed by atoms with Crippen LogP contribution in [-0.2, 0) is 0 Å². The van der Waals surface area contributed by atoms with Crippen LogP contribution in [0.4, 0.5) is 0 Å². The van der Waals surface area contributed by atoms with E-state index < -0.39 is 0 Å². The van der Waals surface area contributed by atoms with Gasteiger partial charge in [-0.25, -0.2) is 4.98 Å². The van der Waals surface area contributed by atoms with Crippen LogP contribution in [-0.4, -0.2) is 34.2 Å². The summed E-state index contributed by atoms with van der Waals surface area (Å²) in [4.78, 5) is 6.00. The van der Waals surface area contributed by atoms with Gasteiger partial charge in [-0.2, -0.15) is 0 Å². The Morgan fingerprint density at radius 1 is 1.17 bits per heavy atom. The van der Waals surface area contributed by atoms with E-state index in [0.29, 0.717) is 13.2 Å². The lowest BCUT2D eigenvalue weighted by Gasteiger charge is -2.07. The standard InChI is InChI=1S/C21H27N5OS.ClH/c1-2-3-13-28-18-9-10-20-25-19(15-26(20)14-18)16-5-7-17(8-6-16)27-12-4-11-24-21(22)23;/h5-10,14-15H,2-4,11-13H2,1H3,(H4,22,23,24);1H. The molecule has 0 spiro atoms. The molecule has 4 N–H and O–H groups in total. The van der Waals surface area contributed by atoms with Crippen molar-refractivity contribution in [3.63, 3.8) is 0 Å². The summed E-state index contributed by atoms with van der Waals surface area (Å²) in [6.07, 6.45) is 7.46. The number of hydrogen-bond donors (Lipinski definition) is 3. The van der Waals surface area contributed by atoms with Crippen LogP contribution in [0.1, 0.15) is 26.2 Å². The van der Waals surface area contributed by atoms with E-state index in [9.17, 15) is 0 Å². The minimum atomic E-state index is -0.0107. The van der Waals surface area contributed by atoms with Gasteiger partial charge in [0.2, 0.25) is 0 Å². The number of rotatable bonds is 10. The molecule has 0 amide bonds. The first-order valence-electron chi connectivity index (χ1n) is 9.58. The van der Waals surface area contributed by atoms with E-state index >= 15 is 0 Å². The van der Waals surface area contributed by atoms with Gasteiger partial charge in [0, 0.05) is 29.4 Å². The zero-order chi connectivity index (χ0) is 19.8. The van der Waals surface area contributed by atoms with Crippen molar-refractivity contribution in [2.45, 2.75) is 31.1 Å². The molecule has 1 aromatic carbocycles. The first-order valence-corrected chi connectivity index (χ1v) is 10.6. The number of nitrogens with zero attached hydrogens (tertiary/aromatic N) is 2. The molecule has 156 valence electrons. The van der Waals surface area contributed by atoms with Gasteiger partial charge in [-0.1, -0.05) is 13.3 Å². The van der Waals surface area contributed by atoms with E-state index in [1.165, 1.54) is 17.7 Å². The first-order chi connectivity index (χ1) is 13.7. The summed E-state index contributed by atoms with van der Waals surface area (Å²) in [6, 6.07) is 12.2. The van der Waals surface area contributed by atoms with Crippen molar-refractivity contribution in [2.75, 3.05) is 18.9 Å². The van der Waals surface area contributed by atoms with Crippen LogP contribution in [0.2, 0.25) is 0 Å². The fraction of sp³-hybridized carbons (Fsp3) is 0.333. The number of fused-ring (bicyclic) bond motifs is 1. The topological polar surface area (TPSA) is 88.4 Å². The molecule has 2 heterocycles. The zero-order valence-electron chi connectivity index (χ0n) is 16.6. The quantitative estimate of drug-likeness (QED) is 0.189. The molecular formula is C21H28ClN5OS. The molecule has 29 heavy (non-hydrogen) atoms. The molecule has 0 unspecified atom stereocenters. The van der Waals surface area contributed by atoms with E-state index in [4.69, 9.17) is 20.9 Å². The second kappa shape index (κ2) is 11.6. The molecule has 0 radical (unpaired) electrons. The number of guanidine groups is 1. The van der Waals surface area contributed by atoms with Crippen molar-refractivity contribution >= 4 is 35.8 Å². The molecule has 0 aliphatic heterocycles. The van der Waals surface area contributed by atoms with E-state index in [1.54, 1.807) is 0 Å². The SMILES string of the molecule is CCCCSc1ccc2nc(-c3ccc(OCCCNC(=N)N)cc3)cn2c1.Cl. The van der Waals surface area contributed by atoms with Gasteiger partial charge in [0.15, 0.2) is 5.96 Å². The summed E-state index contributed by atoms with van der Waals surface area (Å²) in [5, 5.41) is 9.87. The summed E-state index contributed by atoms with van der Waals surface area (Å²) >= 11 is 1.89. The predicted octanol–water partition coefficient (Wildman–Crippen LogP) is 4.57. The second-order valence-electron chi connectivity index (χ2n) is 6.53. The van der Waals surface area contributed by atoms with Crippen molar-refractivity contribution in [1.82, 2.24) is 14.7 Å². The highest BCUT2D eigenvalue weighted by Gasteiger charge is 2.06. The highest BCUT2D eigenvalue weighted by Crippen LogP contribution is 2.25. The third-order valence-corrected chi connectivity index (χ3v) is 5.31. The Labute approximate surface area is 182 Å². The molecule has 3 aromatic rings. The number of thioether (sulfide) groups is 1. The van der Waals surface area contributed by atoms with Gasteiger partial charge < -0.3 is 20.2 Å².